The van der Waals surface area contributed by atoms with Gasteiger partial charge in [0.25, 0.3) is 0 Å². The minimum Gasteiger partial charge on any atom is -0.390 e. The largest absolute Gasteiger partial charge is 0.390 e. The lowest BCUT2D eigenvalue weighted by Gasteiger charge is -2.32. The van der Waals surface area contributed by atoms with E-state index in [1.807, 2.05) is 0 Å². The molecule has 0 radical (unpaired) electrons. The molecule has 0 amide bonds. The smallest absolute Gasteiger partial charge is 0.0695 e. The van der Waals surface area contributed by atoms with Crippen molar-refractivity contribution in [3.05, 3.63) is 0 Å². The molecule has 0 aliphatic carbocycles. The minimum atomic E-state index is -0.452. The Hall–Kier alpha value is -0.0800. The van der Waals surface area contributed by atoms with E-state index in [0.29, 0.717) is 5.92 Å². The number of hydrogen-bond donors (Lipinski definition) is 1. The molecule has 1 fully saturated rings. The summed E-state index contributed by atoms with van der Waals surface area (Å²) in [4.78, 5) is 0. The van der Waals surface area contributed by atoms with Gasteiger partial charge in [-0.05, 0) is 31.6 Å². The first-order chi connectivity index (χ1) is 6.19. The highest BCUT2D eigenvalue weighted by Crippen LogP contribution is 2.31. The predicted octanol–water partition coefficient (Wildman–Crippen LogP) is 2.35. The van der Waals surface area contributed by atoms with Gasteiger partial charge in [0, 0.05) is 13.2 Å². The molecule has 0 aromatic heterocycles. The Bertz CT molecular complexity index is 137. The van der Waals surface area contributed by atoms with Crippen molar-refractivity contribution in [2.75, 3.05) is 13.2 Å². The molecular weight excluding hydrogens is 164 g/mol. The lowest BCUT2D eigenvalue weighted by atomic mass is 9.80. The molecule has 0 aromatic carbocycles. The summed E-state index contributed by atoms with van der Waals surface area (Å²) in [6, 6.07) is 0. The van der Waals surface area contributed by atoms with E-state index in [0.717, 1.165) is 45.3 Å². The highest BCUT2D eigenvalue weighted by molar-refractivity contribution is 4.85. The monoisotopic (exact) mass is 186 g/mol. The van der Waals surface area contributed by atoms with Crippen LogP contribution in [0.25, 0.3) is 0 Å². The first-order valence-corrected chi connectivity index (χ1v) is 5.49. The Morgan fingerprint density at radius 3 is 2.85 bits per heavy atom. The SMILES string of the molecule is CCCC(C)C1(O)CCCOCC1. The zero-order valence-electron chi connectivity index (χ0n) is 8.88. The van der Waals surface area contributed by atoms with Crippen LogP contribution < -0.4 is 0 Å². The van der Waals surface area contributed by atoms with E-state index in [1.165, 1.54) is 0 Å². The molecule has 2 unspecified atom stereocenters. The van der Waals surface area contributed by atoms with E-state index in [9.17, 15) is 5.11 Å². The fourth-order valence-corrected chi connectivity index (χ4v) is 2.15. The third-order valence-corrected chi connectivity index (χ3v) is 3.22. The molecule has 0 bridgehead atoms. The maximum Gasteiger partial charge on any atom is 0.0695 e. The van der Waals surface area contributed by atoms with Crippen molar-refractivity contribution in [3.63, 3.8) is 0 Å². The summed E-state index contributed by atoms with van der Waals surface area (Å²) < 4.78 is 5.36. The highest BCUT2D eigenvalue weighted by Gasteiger charge is 2.33. The third kappa shape index (κ3) is 2.96. The lowest BCUT2D eigenvalue weighted by molar-refractivity contribution is -0.0320. The Morgan fingerprint density at radius 1 is 1.38 bits per heavy atom. The highest BCUT2D eigenvalue weighted by atomic mass is 16.5. The second-order valence-corrected chi connectivity index (χ2v) is 4.26. The quantitative estimate of drug-likeness (QED) is 0.733. The van der Waals surface area contributed by atoms with E-state index in [-0.39, 0.29) is 0 Å². The van der Waals surface area contributed by atoms with Crippen molar-refractivity contribution in [3.8, 4) is 0 Å². The minimum absolute atomic E-state index is 0.416. The number of ether oxygens (including phenoxy) is 1. The van der Waals surface area contributed by atoms with E-state index in [1.54, 1.807) is 0 Å². The van der Waals surface area contributed by atoms with Crippen LogP contribution in [0.1, 0.15) is 46.0 Å². The van der Waals surface area contributed by atoms with Crippen LogP contribution in [0.2, 0.25) is 0 Å². The van der Waals surface area contributed by atoms with Crippen LogP contribution in [-0.4, -0.2) is 23.9 Å². The first-order valence-electron chi connectivity index (χ1n) is 5.49. The zero-order valence-corrected chi connectivity index (χ0v) is 8.88. The molecule has 2 heteroatoms. The molecule has 2 atom stereocenters. The van der Waals surface area contributed by atoms with Crippen LogP contribution in [-0.2, 0) is 4.74 Å². The summed E-state index contributed by atoms with van der Waals surface area (Å²) in [6.07, 6.45) is 5.01. The molecule has 78 valence electrons. The van der Waals surface area contributed by atoms with Crippen LogP contribution in [0, 0.1) is 5.92 Å². The molecule has 0 saturated carbocycles. The average Bonchev–Trinajstić information content (AvgIpc) is 2.32. The summed E-state index contributed by atoms with van der Waals surface area (Å²) in [5.41, 5.74) is -0.452. The van der Waals surface area contributed by atoms with Crippen LogP contribution in [0.3, 0.4) is 0 Å². The van der Waals surface area contributed by atoms with Crippen LogP contribution in [0.4, 0.5) is 0 Å². The van der Waals surface area contributed by atoms with Crippen molar-refractivity contribution in [1.82, 2.24) is 0 Å². The number of hydrogen-bond acceptors (Lipinski definition) is 2. The van der Waals surface area contributed by atoms with Gasteiger partial charge >= 0.3 is 0 Å². The average molecular weight is 186 g/mol. The molecule has 1 rings (SSSR count). The molecule has 13 heavy (non-hydrogen) atoms. The van der Waals surface area contributed by atoms with Gasteiger partial charge in [-0.2, -0.15) is 0 Å². The maximum absolute atomic E-state index is 10.4. The first kappa shape index (κ1) is 11.0. The Morgan fingerprint density at radius 2 is 2.15 bits per heavy atom. The van der Waals surface area contributed by atoms with E-state index < -0.39 is 5.60 Å². The maximum atomic E-state index is 10.4. The van der Waals surface area contributed by atoms with E-state index in [4.69, 9.17) is 4.74 Å². The second-order valence-electron chi connectivity index (χ2n) is 4.26. The van der Waals surface area contributed by atoms with Crippen molar-refractivity contribution < 1.29 is 9.84 Å². The topological polar surface area (TPSA) is 29.5 Å². The summed E-state index contributed by atoms with van der Waals surface area (Å²) in [5, 5.41) is 10.4. The summed E-state index contributed by atoms with van der Waals surface area (Å²) in [5.74, 6) is 0.416. The normalized spacial score (nSPS) is 32.5. The molecule has 1 N–H and O–H groups in total. The Balaban J connectivity index is 2.49. The van der Waals surface area contributed by atoms with Crippen LogP contribution in [0.15, 0.2) is 0 Å². The summed E-state index contributed by atoms with van der Waals surface area (Å²) in [7, 11) is 0. The standard InChI is InChI=1S/C11H22O2/c1-3-5-10(2)11(12)6-4-8-13-9-7-11/h10,12H,3-9H2,1-2H3. The van der Waals surface area contributed by atoms with Crippen molar-refractivity contribution in [1.29, 1.82) is 0 Å². The zero-order chi connectivity index (χ0) is 9.73. The molecule has 2 nitrogen and oxygen atoms in total. The molecule has 1 heterocycles. The third-order valence-electron chi connectivity index (χ3n) is 3.22. The van der Waals surface area contributed by atoms with Gasteiger partial charge < -0.3 is 9.84 Å². The van der Waals surface area contributed by atoms with Crippen LogP contribution in [0.5, 0.6) is 0 Å². The molecule has 0 aromatic rings. The number of rotatable bonds is 3. The van der Waals surface area contributed by atoms with Gasteiger partial charge in [0.15, 0.2) is 0 Å². The van der Waals surface area contributed by atoms with Crippen molar-refractivity contribution >= 4 is 0 Å². The van der Waals surface area contributed by atoms with Crippen LogP contribution >= 0.6 is 0 Å². The second kappa shape index (κ2) is 4.97. The van der Waals surface area contributed by atoms with Gasteiger partial charge in [-0.25, -0.2) is 0 Å². The fourth-order valence-electron chi connectivity index (χ4n) is 2.15. The molecule has 0 spiro atoms. The Labute approximate surface area is 81.3 Å². The molecular formula is C11H22O2. The van der Waals surface area contributed by atoms with Crippen molar-refractivity contribution in [2.24, 2.45) is 5.92 Å². The van der Waals surface area contributed by atoms with Crippen molar-refractivity contribution in [2.45, 2.75) is 51.6 Å². The molecule has 1 saturated heterocycles. The van der Waals surface area contributed by atoms with Gasteiger partial charge in [-0.1, -0.05) is 20.3 Å². The van der Waals surface area contributed by atoms with Gasteiger partial charge in [0.2, 0.25) is 0 Å². The van der Waals surface area contributed by atoms with Gasteiger partial charge in [0.1, 0.15) is 0 Å². The lowest BCUT2D eigenvalue weighted by Crippen LogP contribution is -2.36. The van der Waals surface area contributed by atoms with Gasteiger partial charge in [-0.3, -0.25) is 0 Å². The van der Waals surface area contributed by atoms with E-state index in [2.05, 4.69) is 13.8 Å². The number of aliphatic hydroxyl groups is 1. The summed E-state index contributed by atoms with van der Waals surface area (Å²) >= 11 is 0. The molecule has 1 aliphatic heterocycles. The fraction of sp³-hybridized carbons (Fsp3) is 1.00. The predicted molar refractivity (Wildman–Crippen MR) is 53.7 cm³/mol. The summed E-state index contributed by atoms with van der Waals surface area (Å²) in [6.45, 7) is 5.88. The van der Waals surface area contributed by atoms with Gasteiger partial charge in [0.05, 0.1) is 5.60 Å². The van der Waals surface area contributed by atoms with Gasteiger partial charge in [-0.15, -0.1) is 0 Å². The van der Waals surface area contributed by atoms with E-state index >= 15 is 0 Å². The molecule has 1 aliphatic rings. The Kier molecular flexibility index (Phi) is 4.20.